The summed E-state index contributed by atoms with van der Waals surface area (Å²) >= 11 is 0. The third-order valence-electron chi connectivity index (χ3n) is 4.20. The van der Waals surface area contributed by atoms with Crippen LogP contribution in [0.1, 0.15) is 43.6 Å². The summed E-state index contributed by atoms with van der Waals surface area (Å²) in [7, 11) is 0. The standard InChI is InChI=1S/C21H23N5O3/c1-5-29-20(28)15-13-23-26(18-8-6-7-11-22-18)19(15)25-24-16-12-14(21(2,3)4)9-10-17(16)27/h6-13,27H,5H2,1-4H3/b25-24+. The zero-order valence-electron chi connectivity index (χ0n) is 16.8. The number of rotatable bonds is 5. The topological polar surface area (TPSA) is 102 Å². The third-order valence-corrected chi connectivity index (χ3v) is 4.20. The first kappa shape index (κ1) is 20.2. The molecule has 8 heteroatoms. The van der Waals surface area contributed by atoms with Gasteiger partial charge in [0.2, 0.25) is 0 Å². The molecule has 0 radical (unpaired) electrons. The van der Waals surface area contributed by atoms with Crippen molar-refractivity contribution in [2.24, 2.45) is 10.2 Å². The van der Waals surface area contributed by atoms with E-state index in [1.165, 1.54) is 10.9 Å². The molecule has 0 bridgehead atoms. The highest BCUT2D eigenvalue weighted by atomic mass is 16.5. The van der Waals surface area contributed by atoms with Crippen molar-refractivity contribution in [3.8, 4) is 11.6 Å². The van der Waals surface area contributed by atoms with Crippen LogP contribution in [0.4, 0.5) is 11.5 Å². The summed E-state index contributed by atoms with van der Waals surface area (Å²) in [6, 6.07) is 10.5. The Morgan fingerprint density at radius 2 is 2.00 bits per heavy atom. The fraction of sp³-hybridized carbons (Fsp3) is 0.286. The minimum Gasteiger partial charge on any atom is -0.506 e. The molecule has 0 saturated heterocycles. The number of azo groups is 1. The molecule has 0 aliphatic carbocycles. The molecule has 29 heavy (non-hydrogen) atoms. The van der Waals surface area contributed by atoms with Crippen LogP contribution in [-0.4, -0.2) is 32.4 Å². The van der Waals surface area contributed by atoms with Gasteiger partial charge in [-0.3, -0.25) is 0 Å². The molecular weight excluding hydrogens is 370 g/mol. The van der Waals surface area contributed by atoms with Crippen LogP contribution >= 0.6 is 0 Å². The Hall–Kier alpha value is -3.55. The lowest BCUT2D eigenvalue weighted by Crippen LogP contribution is -2.10. The van der Waals surface area contributed by atoms with E-state index in [4.69, 9.17) is 4.74 Å². The van der Waals surface area contributed by atoms with Crippen LogP contribution in [0.15, 0.2) is 59.0 Å². The molecule has 1 aromatic carbocycles. The van der Waals surface area contributed by atoms with Gasteiger partial charge in [0, 0.05) is 6.20 Å². The fourth-order valence-electron chi connectivity index (χ4n) is 2.61. The van der Waals surface area contributed by atoms with E-state index < -0.39 is 5.97 Å². The number of benzene rings is 1. The predicted octanol–water partition coefficient (Wildman–Crippen LogP) is 4.86. The van der Waals surface area contributed by atoms with E-state index in [9.17, 15) is 9.90 Å². The van der Waals surface area contributed by atoms with E-state index in [1.807, 2.05) is 6.07 Å². The number of hydrogen-bond acceptors (Lipinski definition) is 7. The smallest absolute Gasteiger partial charge is 0.343 e. The summed E-state index contributed by atoms with van der Waals surface area (Å²) < 4.78 is 6.50. The summed E-state index contributed by atoms with van der Waals surface area (Å²) in [4.78, 5) is 16.6. The molecule has 0 spiro atoms. The second kappa shape index (κ2) is 8.22. The molecule has 2 heterocycles. The first-order valence-corrected chi connectivity index (χ1v) is 9.23. The van der Waals surface area contributed by atoms with Crippen molar-refractivity contribution in [1.82, 2.24) is 14.8 Å². The number of phenols is 1. The molecule has 0 atom stereocenters. The summed E-state index contributed by atoms with van der Waals surface area (Å²) in [5.41, 5.74) is 1.32. The van der Waals surface area contributed by atoms with E-state index in [2.05, 4.69) is 41.1 Å². The number of nitrogens with zero attached hydrogens (tertiary/aromatic N) is 5. The number of carbonyl (C=O) groups is 1. The van der Waals surface area contributed by atoms with Crippen molar-refractivity contribution in [3.63, 3.8) is 0 Å². The van der Waals surface area contributed by atoms with Crippen LogP contribution in [-0.2, 0) is 10.2 Å². The number of carbonyl (C=O) groups excluding carboxylic acids is 1. The van der Waals surface area contributed by atoms with Gasteiger partial charge < -0.3 is 9.84 Å². The van der Waals surface area contributed by atoms with Crippen LogP contribution < -0.4 is 0 Å². The Kier molecular flexibility index (Phi) is 5.72. The Labute approximate surface area is 168 Å². The zero-order chi connectivity index (χ0) is 21.0. The highest BCUT2D eigenvalue weighted by Crippen LogP contribution is 2.34. The number of esters is 1. The number of aromatic hydroxyl groups is 1. The SMILES string of the molecule is CCOC(=O)c1cnn(-c2ccccn2)c1/N=N/c1cc(C(C)(C)C)ccc1O. The van der Waals surface area contributed by atoms with Gasteiger partial charge in [-0.05, 0) is 42.2 Å². The second-order valence-corrected chi connectivity index (χ2v) is 7.36. The summed E-state index contributed by atoms with van der Waals surface area (Å²) in [6.45, 7) is 8.14. The van der Waals surface area contributed by atoms with Crippen molar-refractivity contribution in [3.05, 3.63) is 59.9 Å². The molecule has 0 fully saturated rings. The minimum atomic E-state index is -0.559. The highest BCUT2D eigenvalue weighted by Gasteiger charge is 2.21. The van der Waals surface area contributed by atoms with Crippen molar-refractivity contribution in [2.45, 2.75) is 33.1 Å². The average Bonchev–Trinajstić information content (AvgIpc) is 3.11. The summed E-state index contributed by atoms with van der Waals surface area (Å²) in [6.07, 6.45) is 2.98. The molecule has 8 nitrogen and oxygen atoms in total. The van der Waals surface area contributed by atoms with E-state index in [-0.39, 0.29) is 29.2 Å². The van der Waals surface area contributed by atoms with Crippen molar-refractivity contribution in [1.29, 1.82) is 0 Å². The van der Waals surface area contributed by atoms with Crippen LogP contribution in [0.25, 0.3) is 5.82 Å². The number of aromatic nitrogens is 3. The zero-order valence-corrected chi connectivity index (χ0v) is 16.8. The van der Waals surface area contributed by atoms with Crippen LogP contribution in [0.3, 0.4) is 0 Å². The van der Waals surface area contributed by atoms with Crippen molar-refractivity contribution < 1.29 is 14.6 Å². The van der Waals surface area contributed by atoms with Gasteiger partial charge in [0.05, 0.1) is 12.8 Å². The first-order chi connectivity index (χ1) is 13.8. The van der Waals surface area contributed by atoms with Gasteiger partial charge in [0.25, 0.3) is 0 Å². The van der Waals surface area contributed by atoms with E-state index in [0.717, 1.165) is 5.56 Å². The normalized spacial score (nSPS) is 11.7. The van der Waals surface area contributed by atoms with Crippen LogP contribution in [0.2, 0.25) is 0 Å². The number of pyridine rings is 1. The predicted molar refractivity (Wildman–Crippen MR) is 108 cm³/mol. The Balaban J connectivity index is 2.08. The van der Waals surface area contributed by atoms with Crippen molar-refractivity contribution >= 4 is 17.5 Å². The van der Waals surface area contributed by atoms with Gasteiger partial charge in [-0.2, -0.15) is 9.78 Å². The molecular formula is C21H23N5O3. The highest BCUT2D eigenvalue weighted by molar-refractivity contribution is 5.94. The van der Waals surface area contributed by atoms with Crippen LogP contribution in [0.5, 0.6) is 5.75 Å². The monoisotopic (exact) mass is 393 g/mol. The molecule has 3 rings (SSSR count). The lowest BCUT2D eigenvalue weighted by molar-refractivity contribution is 0.0527. The summed E-state index contributed by atoms with van der Waals surface area (Å²) in [5.74, 6) is 0.0759. The number of ether oxygens (including phenoxy) is 1. The fourth-order valence-corrected chi connectivity index (χ4v) is 2.61. The molecule has 0 aliphatic rings. The maximum Gasteiger partial charge on any atom is 0.343 e. The third kappa shape index (κ3) is 4.48. The van der Waals surface area contributed by atoms with E-state index >= 15 is 0 Å². The molecule has 3 aromatic rings. The van der Waals surface area contributed by atoms with Crippen LogP contribution in [0, 0.1) is 0 Å². The molecule has 0 amide bonds. The quantitative estimate of drug-likeness (QED) is 0.492. The maximum atomic E-state index is 12.3. The van der Waals surface area contributed by atoms with E-state index in [1.54, 1.807) is 43.5 Å². The number of hydrogen-bond donors (Lipinski definition) is 1. The lowest BCUT2D eigenvalue weighted by Gasteiger charge is -2.19. The van der Waals surface area contributed by atoms with Gasteiger partial charge in [0.15, 0.2) is 11.6 Å². The van der Waals surface area contributed by atoms with Gasteiger partial charge in [0.1, 0.15) is 17.0 Å². The molecule has 0 aliphatic heterocycles. The molecule has 0 saturated carbocycles. The second-order valence-electron chi connectivity index (χ2n) is 7.36. The maximum absolute atomic E-state index is 12.3. The Bertz CT molecular complexity index is 1040. The van der Waals surface area contributed by atoms with Crippen molar-refractivity contribution in [2.75, 3.05) is 6.61 Å². The van der Waals surface area contributed by atoms with Gasteiger partial charge in [-0.15, -0.1) is 10.2 Å². The lowest BCUT2D eigenvalue weighted by atomic mass is 9.87. The van der Waals surface area contributed by atoms with Gasteiger partial charge in [-0.1, -0.05) is 32.9 Å². The molecule has 0 unspecified atom stereocenters. The summed E-state index contributed by atoms with van der Waals surface area (Å²) in [5, 5.41) is 22.8. The molecule has 2 aromatic heterocycles. The number of phenolic OH excluding ortho intramolecular Hbond substituents is 1. The molecule has 150 valence electrons. The molecule has 1 N–H and O–H groups in total. The Morgan fingerprint density at radius 1 is 1.21 bits per heavy atom. The Morgan fingerprint density at radius 3 is 2.66 bits per heavy atom. The average molecular weight is 393 g/mol. The van der Waals surface area contributed by atoms with Gasteiger partial charge >= 0.3 is 5.97 Å². The minimum absolute atomic E-state index is 0.0108. The first-order valence-electron chi connectivity index (χ1n) is 9.23. The van der Waals surface area contributed by atoms with Gasteiger partial charge in [-0.25, -0.2) is 9.78 Å². The van der Waals surface area contributed by atoms with E-state index in [0.29, 0.717) is 11.5 Å². The largest absolute Gasteiger partial charge is 0.506 e.